The molecule has 0 bridgehead atoms. The highest BCUT2D eigenvalue weighted by atomic mass is 16.4. The Morgan fingerprint density at radius 2 is 1.94 bits per heavy atom. The van der Waals surface area contributed by atoms with E-state index in [1.165, 1.54) is 6.92 Å². The van der Waals surface area contributed by atoms with Crippen molar-refractivity contribution in [3.05, 3.63) is 0 Å². The Balaban J connectivity index is 4.11. The van der Waals surface area contributed by atoms with Gasteiger partial charge >= 0.3 is 5.97 Å². The van der Waals surface area contributed by atoms with Crippen LogP contribution in [0, 0.1) is 0 Å². The second kappa shape index (κ2) is 7.22. The standard InChI is InChI=1S/C11H22N2O3/c1-5-6-7-13(4)9(3)10(14)12-8(2)11(15)16/h8-9H,5-7H2,1-4H3,(H,12,14)(H,15,16). The third kappa shape index (κ3) is 5.11. The summed E-state index contributed by atoms with van der Waals surface area (Å²) in [6, 6.07) is -1.14. The molecule has 0 fully saturated rings. The van der Waals surface area contributed by atoms with E-state index in [9.17, 15) is 9.59 Å². The molecule has 0 heterocycles. The number of unbranched alkanes of at least 4 members (excludes halogenated alkanes) is 1. The second-order valence-electron chi connectivity index (χ2n) is 4.08. The number of carbonyl (C=O) groups is 2. The van der Waals surface area contributed by atoms with Gasteiger partial charge in [0.1, 0.15) is 6.04 Å². The van der Waals surface area contributed by atoms with E-state index in [2.05, 4.69) is 12.2 Å². The van der Waals surface area contributed by atoms with Gasteiger partial charge in [0.25, 0.3) is 0 Å². The van der Waals surface area contributed by atoms with Crippen LogP contribution in [0.1, 0.15) is 33.6 Å². The van der Waals surface area contributed by atoms with E-state index in [1.807, 2.05) is 11.9 Å². The second-order valence-corrected chi connectivity index (χ2v) is 4.08. The summed E-state index contributed by atoms with van der Waals surface area (Å²) in [6.07, 6.45) is 2.10. The van der Waals surface area contributed by atoms with Gasteiger partial charge in [-0.2, -0.15) is 0 Å². The molecule has 5 nitrogen and oxygen atoms in total. The van der Waals surface area contributed by atoms with Crippen LogP contribution in [0.3, 0.4) is 0 Å². The number of carbonyl (C=O) groups excluding carboxylic acids is 1. The molecule has 0 rings (SSSR count). The van der Waals surface area contributed by atoms with Gasteiger partial charge in [-0.3, -0.25) is 14.5 Å². The van der Waals surface area contributed by atoms with Crippen LogP contribution in [0.4, 0.5) is 0 Å². The first-order valence-corrected chi connectivity index (χ1v) is 5.63. The highest BCUT2D eigenvalue weighted by Crippen LogP contribution is 1.99. The topological polar surface area (TPSA) is 69.6 Å². The monoisotopic (exact) mass is 230 g/mol. The molecule has 5 heteroatoms. The van der Waals surface area contributed by atoms with E-state index >= 15 is 0 Å². The van der Waals surface area contributed by atoms with E-state index in [1.54, 1.807) is 6.92 Å². The van der Waals surface area contributed by atoms with Crippen molar-refractivity contribution in [2.24, 2.45) is 0 Å². The van der Waals surface area contributed by atoms with Crippen LogP contribution in [0.2, 0.25) is 0 Å². The van der Waals surface area contributed by atoms with Gasteiger partial charge in [-0.05, 0) is 33.9 Å². The van der Waals surface area contributed by atoms with Crippen molar-refractivity contribution in [1.82, 2.24) is 10.2 Å². The summed E-state index contributed by atoms with van der Waals surface area (Å²) in [6.45, 7) is 6.16. The molecule has 1 amide bonds. The molecule has 94 valence electrons. The Bertz CT molecular complexity index is 243. The number of hydrogen-bond acceptors (Lipinski definition) is 3. The van der Waals surface area contributed by atoms with Gasteiger partial charge in [0, 0.05) is 0 Å². The molecule has 2 N–H and O–H groups in total. The molecule has 16 heavy (non-hydrogen) atoms. The van der Waals surface area contributed by atoms with Gasteiger partial charge in [0.05, 0.1) is 6.04 Å². The Labute approximate surface area is 96.8 Å². The highest BCUT2D eigenvalue weighted by molar-refractivity contribution is 5.86. The van der Waals surface area contributed by atoms with Crippen molar-refractivity contribution in [3.63, 3.8) is 0 Å². The average Bonchev–Trinajstić information content (AvgIpc) is 2.24. The summed E-state index contributed by atoms with van der Waals surface area (Å²) in [5.74, 6) is -1.26. The van der Waals surface area contributed by atoms with Crippen LogP contribution < -0.4 is 5.32 Å². The maximum atomic E-state index is 11.6. The van der Waals surface area contributed by atoms with Crippen LogP contribution in [0.15, 0.2) is 0 Å². The molecule has 2 unspecified atom stereocenters. The first-order chi connectivity index (χ1) is 7.40. The zero-order valence-corrected chi connectivity index (χ0v) is 10.5. The van der Waals surface area contributed by atoms with Crippen molar-refractivity contribution in [2.45, 2.75) is 45.7 Å². The summed E-state index contributed by atoms with van der Waals surface area (Å²) in [7, 11) is 1.87. The molecule has 0 saturated carbocycles. The minimum absolute atomic E-state index is 0.242. The maximum Gasteiger partial charge on any atom is 0.325 e. The molecule has 0 aromatic rings. The number of amides is 1. The lowest BCUT2D eigenvalue weighted by atomic mass is 10.2. The number of hydrogen-bond donors (Lipinski definition) is 2. The summed E-state index contributed by atoms with van der Waals surface area (Å²) in [5.41, 5.74) is 0. The fourth-order valence-electron chi connectivity index (χ4n) is 1.20. The summed E-state index contributed by atoms with van der Waals surface area (Å²) < 4.78 is 0. The van der Waals surface area contributed by atoms with Gasteiger partial charge in [0.2, 0.25) is 5.91 Å². The van der Waals surface area contributed by atoms with Gasteiger partial charge in [-0.1, -0.05) is 13.3 Å². The van der Waals surface area contributed by atoms with Crippen LogP contribution >= 0.6 is 0 Å². The van der Waals surface area contributed by atoms with E-state index in [0.29, 0.717) is 0 Å². The van der Waals surface area contributed by atoms with Crippen molar-refractivity contribution in [2.75, 3.05) is 13.6 Å². The lowest BCUT2D eigenvalue weighted by Crippen LogP contribution is -2.48. The number of rotatable bonds is 7. The molecule has 0 aromatic heterocycles. The molecule has 0 saturated heterocycles. The van der Waals surface area contributed by atoms with Crippen molar-refractivity contribution >= 4 is 11.9 Å². The van der Waals surface area contributed by atoms with Gasteiger partial charge in [-0.25, -0.2) is 0 Å². The Morgan fingerprint density at radius 1 is 1.38 bits per heavy atom. The minimum atomic E-state index is -1.02. The maximum absolute atomic E-state index is 11.6. The predicted molar refractivity (Wildman–Crippen MR) is 62.2 cm³/mol. The summed E-state index contributed by atoms with van der Waals surface area (Å²) in [5, 5.41) is 11.1. The molecule has 0 spiro atoms. The van der Waals surface area contributed by atoms with Crippen LogP contribution in [-0.4, -0.2) is 47.6 Å². The Kier molecular flexibility index (Phi) is 6.72. The first-order valence-electron chi connectivity index (χ1n) is 5.63. The van der Waals surface area contributed by atoms with Crippen LogP contribution in [-0.2, 0) is 9.59 Å². The van der Waals surface area contributed by atoms with Crippen molar-refractivity contribution in [1.29, 1.82) is 0 Å². The largest absolute Gasteiger partial charge is 0.480 e. The number of aliphatic carboxylic acids is 1. The molecule has 0 aliphatic carbocycles. The molecule has 2 atom stereocenters. The number of nitrogens with zero attached hydrogens (tertiary/aromatic N) is 1. The molecular formula is C11H22N2O3. The van der Waals surface area contributed by atoms with Gasteiger partial charge < -0.3 is 10.4 Å². The van der Waals surface area contributed by atoms with E-state index < -0.39 is 12.0 Å². The average molecular weight is 230 g/mol. The SMILES string of the molecule is CCCCN(C)C(C)C(=O)NC(C)C(=O)O. The Morgan fingerprint density at radius 3 is 2.38 bits per heavy atom. The van der Waals surface area contributed by atoms with E-state index in [-0.39, 0.29) is 11.9 Å². The van der Waals surface area contributed by atoms with Crippen molar-refractivity contribution < 1.29 is 14.7 Å². The number of carboxylic acids is 1. The van der Waals surface area contributed by atoms with E-state index in [4.69, 9.17) is 5.11 Å². The fraction of sp³-hybridized carbons (Fsp3) is 0.818. The fourth-order valence-corrected chi connectivity index (χ4v) is 1.20. The third-order valence-corrected chi connectivity index (χ3v) is 2.63. The van der Waals surface area contributed by atoms with Crippen LogP contribution in [0.25, 0.3) is 0 Å². The smallest absolute Gasteiger partial charge is 0.325 e. The number of likely N-dealkylation sites (N-methyl/N-ethyl adjacent to an activating group) is 1. The lowest BCUT2D eigenvalue weighted by Gasteiger charge is -2.24. The molecule has 0 aliphatic rings. The molecule has 0 aromatic carbocycles. The number of nitrogens with one attached hydrogen (secondary N) is 1. The van der Waals surface area contributed by atoms with Gasteiger partial charge in [0.15, 0.2) is 0 Å². The zero-order valence-electron chi connectivity index (χ0n) is 10.5. The molecular weight excluding hydrogens is 208 g/mol. The predicted octanol–water partition coefficient (Wildman–Crippen LogP) is 0.696. The summed E-state index contributed by atoms with van der Waals surface area (Å²) >= 11 is 0. The first kappa shape index (κ1) is 14.9. The minimum Gasteiger partial charge on any atom is -0.480 e. The summed E-state index contributed by atoms with van der Waals surface area (Å²) in [4.78, 5) is 24.1. The van der Waals surface area contributed by atoms with Crippen LogP contribution in [0.5, 0.6) is 0 Å². The van der Waals surface area contributed by atoms with E-state index in [0.717, 1.165) is 19.4 Å². The Hall–Kier alpha value is -1.10. The lowest BCUT2D eigenvalue weighted by molar-refractivity contribution is -0.142. The third-order valence-electron chi connectivity index (χ3n) is 2.63. The zero-order chi connectivity index (χ0) is 12.7. The highest BCUT2D eigenvalue weighted by Gasteiger charge is 2.21. The quantitative estimate of drug-likeness (QED) is 0.675. The van der Waals surface area contributed by atoms with Crippen molar-refractivity contribution in [3.8, 4) is 0 Å². The number of carboxylic acid groups (broad SMARTS) is 1. The van der Waals surface area contributed by atoms with Gasteiger partial charge in [-0.15, -0.1) is 0 Å². The normalized spacial score (nSPS) is 14.6. The molecule has 0 aliphatic heterocycles. The molecule has 0 radical (unpaired) electrons.